The van der Waals surface area contributed by atoms with Gasteiger partial charge in [-0.2, -0.15) is 0 Å². The number of aryl methyl sites for hydroxylation is 1. The van der Waals surface area contributed by atoms with Gasteiger partial charge in [0.05, 0.1) is 34.5 Å². The van der Waals surface area contributed by atoms with E-state index in [9.17, 15) is 9.59 Å². The molecule has 0 fully saturated rings. The molecule has 3 aromatic rings. The van der Waals surface area contributed by atoms with Gasteiger partial charge in [0.25, 0.3) is 11.8 Å². The van der Waals surface area contributed by atoms with E-state index in [1.165, 1.54) is 0 Å². The Morgan fingerprint density at radius 1 is 1.07 bits per heavy atom. The van der Waals surface area contributed by atoms with Gasteiger partial charge in [0.1, 0.15) is 5.75 Å². The van der Waals surface area contributed by atoms with Gasteiger partial charge in [-0.05, 0) is 49.7 Å². The van der Waals surface area contributed by atoms with Gasteiger partial charge in [0.15, 0.2) is 0 Å². The number of aromatic nitrogens is 1. The summed E-state index contributed by atoms with van der Waals surface area (Å²) in [6.07, 6.45) is 0.837. The van der Waals surface area contributed by atoms with Crippen LogP contribution in [-0.4, -0.2) is 30.5 Å². The van der Waals surface area contributed by atoms with E-state index in [0.717, 1.165) is 17.3 Å². The fourth-order valence-electron chi connectivity index (χ4n) is 2.91. The molecular weight excluding hydrogens is 390 g/mol. The van der Waals surface area contributed by atoms with Gasteiger partial charge in [-0.1, -0.05) is 18.5 Å². The smallest absolute Gasteiger partial charge is 0.257 e. The van der Waals surface area contributed by atoms with Crippen molar-refractivity contribution < 1.29 is 14.3 Å². The van der Waals surface area contributed by atoms with Crippen molar-refractivity contribution in [1.82, 2.24) is 10.3 Å². The Kier molecular flexibility index (Phi) is 6.34. The topological polar surface area (TPSA) is 80.3 Å². The number of hydrogen-bond donors (Lipinski definition) is 2. The van der Waals surface area contributed by atoms with Crippen molar-refractivity contribution in [3.8, 4) is 5.75 Å². The average Bonchev–Trinajstić information content (AvgIpc) is 2.71. The first-order chi connectivity index (χ1) is 13.9. The summed E-state index contributed by atoms with van der Waals surface area (Å²) in [5, 5.41) is 6.71. The molecular formula is C22H22ClN3O3. The number of methoxy groups -OCH3 is 1. The van der Waals surface area contributed by atoms with E-state index in [4.69, 9.17) is 16.3 Å². The van der Waals surface area contributed by atoms with Crippen LogP contribution in [0.1, 0.15) is 39.8 Å². The Bertz CT molecular complexity index is 1080. The molecule has 3 rings (SSSR count). The van der Waals surface area contributed by atoms with Crippen molar-refractivity contribution >= 4 is 40.0 Å². The second-order valence-electron chi connectivity index (χ2n) is 6.58. The molecule has 0 bridgehead atoms. The van der Waals surface area contributed by atoms with Gasteiger partial charge < -0.3 is 15.4 Å². The SMILES string of the molecule is CCCNC(=O)c1ccc(NC(=O)c2cc3ccc(OC)cc3nc2C)cc1Cl. The van der Waals surface area contributed by atoms with Crippen LogP contribution < -0.4 is 15.4 Å². The van der Waals surface area contributed by atoms with Crippen LogP contribution in [0.4, 0.5) is 5.69 Å². The number of benzene rings is 2. The van der Waals surface area contributed by atoms with Crippen LogP contribution in [0.3, 0.4) is 0 Å². The zero-order chi connectivity index (χ0) is 21.0. The average molecular weight is 412 g/mol. The van der Waals surface area contributed by atoms with Gasteiger partial charge in [0.2, 0.25) is 0 Å². The lowest BCUT2D eigenvalue weighted by Gasteiger charge is -2.11. The molecule has 7 heteroatoms. The van der Waals surface area contributed by atoms with Crippen LogP contribution in [0.25, 0.3) is 10.9 Å². The highest BCUT2D eigenvalue weighted by atomic mass is 35.5. The molecule has 0 aliphatic carbocycles. The van der Waals surface area contributed by atoms with Crippen LogP contribution >= 0.6 is 11.6 Å². The number of amides is 2. The fourth-order valence-corrected chi connectivity index (χ4v) is 3.18. The van der Waals surface area contributed by atoms with E-state index in [-0.39, 0.29) is 16.8 Å². The highest BCUT2D eigenvalue weighted by molar-refractivity contribution is 6.34. The maximum absolute atomic E-state index is 12.8. The lowest BCUT2D eigenvalue weighted by atomic mass is 10.1. The largest absolute Gasteiger partial charge is 0.497 e. The summed E-state index contributed by atoms with van der Waals surface area (Å²) < 4.78 is 5.22. The predicted octanol–water partition coefficient (Wildman–Crippen LogP) is 4.60. The molecule has 0 atom stereocenters. The molecule has 1 heterocycles. The normalized spacial score (nSPS) is 10.6. The van der Waals surface area contributed by atoms with E-state index < -0.39 is 0 Å². The van der Waals surface area contributed by atoms with Crippen molar-refractivity contribution in [3.05, 3.63) is 64.3 Å². The number of pyridine rings is 1. The minimum Gasteiger partial charge on any atom is -0.497 e. The number of rotatable bonds is 6. The monoisotopic (exact) mass is 411 g/mol. The lowest BCUT2D eigenvalue weighted by molar-refractivity contribution is 0.0953. The van der Waals surface area contributed by atoms with Gasteiger partial charge in [-0.15, -0.1) is 0 Å². The Hall–Kier alpha value is -3.12. The second kappa shape index (κ2) is 8.92. The molecule has 0 spiro atoms. The summed E-state index contributed by atoms with van der Waals surface area (Å²) >= 11 is 6.23. The minimum absolute atomic E-state index is 0.236. The van der Waals surface area contributed by atoms with Crippen LogP contribution in [0, 0.1) is 6.92 Å². The quantitative estimate of drug-likeness (QED) is 0.621. The van der Waals surface area contributed by atoms with Crippen molar-refractivity contribution in [3.63, 3.8) is 0 Å². The molecule has 0 radical (unpaired) electrons. The van der Waals surface area contributed by atoms with Crippen LogP contribution in [-0.2, 0) is 0 Å². The van der Waals surface area contributed by atoms with E-state index in [2.05, 4.69) is 15.6 Å². The summed E-state index contributed by atoms with van der Waals surface area (Å²) in [5.74, 6) is 0.172. The molecule has 150 valence electrons. The van der Waals surface area contributed by atoms with Crippen molar-refractivity contribution in [1.29, 1.82) is 0 Å². The van der Waals surface area contributed by atoms with Crippen LogP contribution in [0.2, 0.25) is 5.02 Å². The van der Waals surface area contributed by atoms with Gasteiger partial charge in [-0.3, -0.25) is 14.6 Å². The summed E-state index contributed by atoms with van der Waals surface area (Å²) in [6, 6.07) is 12.1. The highest BCUT2D eigenvalue weighted by Gasteiger charge is 2.15. The third kappa shape index (κ3) is 4.66. The number of ether oxygens (including phenoxy) is 1. The first-order valence-corrected chi connectivity index (χ1v) is 9.65. The maximum Gasteiger partial charge on any atom is 0.257 e. The Balaban J connectivity index is 1.82. The summed E-state index contributed by atoms with van der Waals surface area (Å²) in [7, 11) is 1.60. The number of halogens is 1. The van der Waals surface area contributed by atoms with E-state index in [1.807, 2.05) is 25.1 Å². The Morgan fingerprint density at radius 2 is 1.86 bits per heavy atom. The molecule has 2 N–H and O–H groups in total. The number of hydrogen-bond acceptors (Lipinski definition) is 4. The highest BCUT2D eigenvalue weighted by Crippen LogP contribution is 2.24. The number of carbonyl (C=O) groups is 2. The minimum atomic E-state index is -0.299. The second-order valence-corrected chi connectivity index (χ2v) is 6.99. The zero-order valence-electron chi connectivity index (χ0n) is 16.5. The number of nitrogens with one attached hydrogen (secondary N) is 2. The van der Waals surface area contributed by atoms with E-state index in [0.29, 0.717) is 34.8 Å². The fraction of sp³-hybridized carbons (Fsp3) is 0.227. The van der Waals surface area contributed by atoms with Crippen molar-refractivity contribution in [2.45, 2.75) is 20.3 Å². The maximum atomic E-state index is 12.8. The van der Waals surface area contributed by atoms with Gasteiger partial charge in [-0.25, -0.2) is 0 Å². The molecule has 0 unspecified atom stereocenters. The molecule has 6 nitrogen and oxygen atoms in total. The van der Waals surface area contributed by atoms with E-state index >= 15 is 0 Å². The predicted molar refractivity (Wildman–Crippen MR) is 115 cm³/mol. The zero-order valence-corrected chi connectivity index (χ0v) is 17.3. The summed E-state index contributed by atoms with van der Waals surface area (Å²) in [5.41, 5.74) is 2.69. The van der Waals surface area contributed by atoms with Crippen molar-refractivity contribution in [2.75, 3.05) is 19.0 Å². The third-order valence-electron chi connectivity index (χ3n) is 4.47. The summed E-state index contributed by atoms with van der Waals surface area (Å²) in [6.45, 7) is 4.33. The Labute approximate surface area is 174 Å². The molecule has 29 heavy (non-hydrogen) atoms. The first kappa shape index (κ1) is 20.6. The van der Waals surface area contributed by atoms with Crippen molar-refractivity contribution in [2.24, 2.45) is 0 Å². The number of nitrogens with zero attached hydrogens (tertiary/aromatic N) is 1. The molecule has 0 aliphatic heterocycles. The first-order valence-electron chi connectivity index (χ1n) is 9.27. The molecule has 1 aromatic heterocycles. The standard InChI is InChI=1S/C22H22ClN3O3/c1-4-9-24-21(27)17-8-6-15(11-19(17)23)26-22(28)18-10-14-5-7-16(29-3)12-20(14)25-13(18)2/h5-8,10-12H,4,9H2,1-3H3,(H,24,27)(H,26,28). The van der Waals surface area contributed by atoms with E-state index in [1.54, 1.807) is 38.3 Å². The third-order valence-corrected chi connectivity index (χ3v) is 4.78. The lowest BCUT2D eigenvalue weighted by Crippen LogP contribution is -2.24. The Morgan fingerprint density at radius 3 is 2.55 bits per heavy atom. The molecule has 0 saturated heterocycles. The number of anilines is 1. The molecule has 2 aromatic carbocycles. The van der Waals surface area contributed by atoms with Gasteiger partial charge in [0, 0.05) is 23.7 Å². The molecule has 2 amide bonds. The molecule has 0 saturated carbocycles. The number of fused-ring (bicyclic) bond motifs is 1. The van der Waals surface area contributed by atoms with Gasteiger partial charge >= 0.3 is 0 Å². The number of carbonyl (C=O) groups excluding carboxylic acids is 2. The van der Waals surface area contributed by atoms with Crippen LogP contribution in [0.15, 0.2) is 42.5 Å². The van der Waals surface area contributed by atoms with Crippen LogP contribution in [0.5, 0.6) is 5.75 Å². The summed E-state index contributed by atoms with van der Waals surface area (Å²) in [4.78, 5) is 29.4. The molecule has 0 aliphatic rings.